The maximum Gasteiger partial charge on any atom is 0.413 e. The molecule has 3 rings (SSSR count). The number of nitrogens with zero attached hydrogens (tertiary/aromatic N) is 3. The van der Waals surface area contributed by atoms with Gasteiger partial charge in [-0.05, 0) is 68.2 Å². The first kappa shape index (κ1) is 21.7. The maximum atomic E-state index is 12.6. The van der Waals surface area contributed by atoms with Gasteiger partial charge in [0.05, 0.1) is 24.5 Å². The highest BCUT2D eigenvalue weighted by atomic mass is 79.9. The lowest BCUT2D eigenvalue weighted by atomic mass is 10.1. The normalized spacial score (nSPS) is 11.3. The van der Waals surface area contributed by atoms with Gasteiger partial charge in [-0.15, -0.1) is 0 Å². The van der Waals surface area contributed by atoms with E-state index in [2.05, 4.69) is 32.3 Å². The number of rotatable bonds is 3. The van der Waals surface area contributed by atoms with E-state index in [0.717, 1.165) is 16.8 Å². The summed E-state index contributed by atoms with van der Waals surface area (Å²) in [6, 6.07) is 7.80. The molecule has 2 aromatic heterocycles. The number of aromatic nitrogens is 2. The molecule has 1 aromatic carbocycles. The summed E-state index contributed by atoms with van der Waals surface area (Å²) in [5.41, 5.74) is 2.94. The number of amides is 1. The lowest BCUT2D eigenvalue weighted by Gasteiger charge is -2.22. The molecule has 0 radical (unpaired) electrons. The van der Waals surface area contributed by atoms with Crippen molar-refractivity contribution in [3.8, 4) is 17.5 Å². The van der Waals surface area contributed by atoms with E-state index in [-0.39, 0.29) is 0 Å². The van der Waals surface area contributed by atoms with Crippen LogP contribution >= 0.6 is 15.9 Å². The summed E-state index contributed by atoms with van der Waals surface area (Å²) in [6.07, 6.45) is 1.02. The number of ether oxygens (including phenoxy) is 2. The lowest BCUT2D eigenvalue weighted by molar-refractivity contribution is 0.0635. The van der Waals surface area contributed by atoms with Crippen LogP contribution in [0.25, 0.3) is 16.6 Å². The first-order valence-corrected chi connectivity index (χ1v) is 10.1. The van der Waals surface area contributed by atoms with E-state index in [1.54, 1.807) is 40.1 Å². The number of nitriles is 1. The average Bonchev–Trinajstić information content (AvgIpc) is 2.92. The molecule has 7 nitrogen and oxygen atoms in total. The second-order valence-corrected chi connectivity index (χ2v) is 8.69. The number of anilines is 1. The highest BCUT2D eigenvalue weighted by Crippen LogP contribution is 2.38. The van der Waals surface area contributed by atoms with Crippen molar-refractivity contribution in [1.82, 2.24) is 9.55 Å². The molecule has 0 spiro atoms. The highest BCUT2D eigenvalue weighted by Gasteiger charge is 2.25. The average molecular weight is 471 g/mol. The third kappa shape index (κ3) is 3.98. The molecule has 156 valence electrons. The predicted molar refractivity (Wildman–Crippen MR) is 119 cm³/mol. The van der Waals surface area contributed by atoms with Crippen LogP contribution in [0, 0.1) is 25.2 Å². The fraction of sp³-hybridized carbons (Fsp3) is 0.318. The minimum atomic E-state index is -0.680. The largest absolute Gasteiger partial charge is 0.496 e. The van der Waals surface area contributed by atoms with E-state index < -0.39 is 11.7 Å². The van der Waals surface area contributed by atoms with Crippen molar-refractivity contribution in [3.63, 3.8) is 0 Å². The molecule has 2 heterocycles. The second kappa shape index (κ2) is 8.00. The number of fused-ring (bicyclic) bond motifs is 1. The first-order valence-electron chi connectivity index (χ1n) is 9.32. The van der Waals surface area contributed by atoms with Gasteiger partial charge in [0, 0.05) is 10.9 Å². The molecular formula is C22H23BrN4O3. The minimum Gasteiger partial charge on any atom is -0.496 e. The van der Waals surface area contributed by atoms with Crippen LogP contribution in [0.3, 0.4) is 0 Å². The van der Waals surface area contributed by atoms with E-state index in [1.165, 1.54) is 0 Å². The Balaban J connectivity index is 2.36. The highest BCUT2D eigenvalue weighted by molar-refractivity contribution is 9.10. The number of pyridine rings is 1. The van der Waals surface area contributed by atoms with Gasteiger partial charge in [-0.2, -0.15) is 5.26 Å². The van der Waals surface area contributed by atoms with Gasteiger partial charge in [0.25, 0.3) is 0 Å². The Bertz CT molecular complexity index is 1190. The van der Waals surface area contributed by atoms with Crippen LogP contribution in [0.15, 0.2) is 29.0 Å². The van der Waals surface area contributed by atoms with Crippen LogP contribution < -0.4 is 10.1 Å². The maximum absolute atomic E-state index is 12.6. The molecule has 0 atom stereocenters. The zero-order valence-corrected chi connectivity index (χ0v) is 19.3. The third-order valence-corrected chi connectivity index (χ3v) is 5.01. The summed E-state index contributed by atoms with van der Waals surface area (Å²) in [5, 5.41) is 13.4. The van der Waals surface area contributed by atoms with E-state index >= 15 is 0 Å². The van der Waals surface area contributed by atoms with Crippen molar-refractivity contribution >= 4 is 38.7 Å². The van der Waals surface area contributed by atoms with Crippen molar-refractivity contribution in [2.75, 3.05) is 12.4 Å². The van der Waals surface area contributed by atoms with Crippen molar-refractivity contribution in [2.45, 2.75) is 40.2 Å². The molecule has 1 amide bonds. The van der Waals surface area contributed by atoms with Crippen LogP contribution in [0.1, 0.15) is 37.5 Å². The van der Waals surface area contributed by atoms with E-state index in [1.807, 2.05) is 30.5 Å². The van der Waals surface area contributed by atoms with Crippen molar-refractivity contribution in [2.24, 2.45) is 0 Å². The molecule has 1 N–H and O–H groups in total. The Hall–Kier alpha value is -3.05. The Morgan fingerprint density at radius 1 is 1.30 bits per heavy atom. The predicted octanol–water partition coefficient (Wildman–Crippen LogP) is 5.63. The molecular weight excluding hydrogens is 448 g/mol. The topological polar surface area (TPSA) is 89.2 Å². The SMILES string of the molecule is COc1ccc(C)c(-n2c(NC(=O)OC(C)(C)C)c(C#N)c3cc(Br)ncc32)c1C. The molecule has 8 heteroatoms. The molecule has 0 bridgehead atoms. The van der Waals surface area contributed by atoms with Gasteiger partial charge in [-0.1, -0.05) is 6.07 Å². The summed E-state index contributed by atoms with van der Waals surface area (Å²) in [5.74, 6) is 1.02. The number of carbonyl (C=O) groups is 1. The minimum absolute atomic E-state index is 0.320. The number of nitrogens with one attached hydrogen (secondary N) is 1. The lowest BCUT2D eigenvalue weighted by Crippen LogP contribution is -2.28. The fourth-order valence-corrected chi connectivity index (χ4v) is 3.74. The molecule has 3 aromatic rings. The summed E-state index contributed by atoms with van der Waals surface area (Å²) >= 11 is 3.37. The Labute approximate surface area is 183 Å². The van der Waals surface area contributed by atoms with Crippen LogP contribution in [0.4, 0.5) is 10.6 Å². The molecule has 0 aliphatic heterocycles. The standard InChI is InChI=1S/C22H23BrN4O3/c1-12-7-8-17(29-6)13(2)19(12)27-16-11-25-18(23)9-14(16)15(10-24)20(27)26-21(28)30-22(3,4)5/h7-9,11H,1-6H3,(H,26,28). The van der Waals surface area contributed by atoms with Gasteiger partial charge in [-0.25, -0.2) is 9.78 Å². The molecule has 0 aliphatic rings. The van der Waals surface area contributed by atoms with E-state index in [4.69, 9.17) is 9.47 Å². The molecule has 30 heavy (non-hydrogen) atoms. The molecule has 0 aliphatic carbocycles. The van der Waals surface area contributed by atoms with Gasteiger partial charge >= 0.3 is 6.09 Å². The van der Waals surface area contributed by atoms with Gasteiger partial charge in [0.15, 0.2) is 0 Å². The molecule has 0 saturated heterocycles. The molecule has 0 saturated carbocycles. The van der Waals surface area contributed by atoms with Crippen LogP contribution in [-0.2, 0) is 4.74 Å². The summed E-state index contributed by atoms with van der Waals surface area (Å²) < 4.78 is 13.3. The zero-order chi connectivity index (χ0) is 22.2. The van der Waals surface area contributed by atoms with Gasteiger partial charge in [0.2, 0.25) is 0 Å². The number of methoxy groups -OCH3 is 1. The van der Waals surface area contributed by atoms with Crippen LogP contribution in [0.2, 0.25) is 0 Å². The molecule has 0 fully saturated rings. The van der Waals surface area contributed by atoms with Crippen molar-refractivity contribution in [3.05, 3.63) is 45.7 Å². The van der Waals surface area contributed by atoms with Gasteiger partial charge < -0.3 is 9.47 Å². The van der Waals surface area contributed by atoms with Crippen molar-refractivity contribution in [1.29, 1.82) is 5.26 Å². The van der Waals surface area contributed by atoms with E-state index in [0.29, 0.717) is 32.6 Å². The van der Waals surface area contributed by atoms with Crippen LogP contribution in [-0.4, -0.2) is 28.4 Å². The van der Waals surface area contributed by atoms with Crippen LogP contribution in [0.5, 0.6) is 5.75 Å². The third-order valence-electron chi connectivity index (χ3n) is 4.58. The number of hydrogen-bond donors (Lipinski definition) is 1. The Morgan fingerprint density at radius 2 is 2.00 bits per heavy atom. The van der Waals surface area contributed by atoms with Crippen molar-refractivity contribution < 1.29 is 14.3 Å². The zero-order valence-electron chi connectivity index (χ0n) is 17.8. The summed E-state index contributed by atoms with van der Waals surface area (Å²) in [6.45, 7) is 9.24. The van der Waals surface area contributed by atoms with Gasteiger partial charge in [0.1, 0.15) is 33.4 Å². The number of carbonyl (C=O) groups excluding carboxylic acids is 1. The first-order chi connectivity index (χ1) is 14.1. The fourth-order valence-electron chi connectivity index (χ4n) is 3.41. The summed E-state index contributed by atoms with van der Waals surface area (Å²) in [7, 11) is 1.61. The number of hydrogen-bond acceptors (Lipinski definition) is 5. The Morgan fingerprint density at radius 3 is 2.60 bits per heavy atom. The quantitative estimate of drug-likeness (QED) is 0.500. The number of aryl methyl sites for hydroxylation is 1. The monoisotopic (exact) mass is 470 g/mol. The summed E-state index contributed by atoms with van der Waals surface area (Å²) in [4.78, 5) is 16.9. The Kier molecular flexibility index (Phi) is 5.77. The van der Waals surface area contributed by atoms with E-state index in [9.17, 15) is 10.1 Å². The second-order valence-electron chi connectivity index (χ2n) is 7.88. The number of halogens is 1. The molecule has 0 unspecified atom stereocenters. The number of benzene rings is 1. The smallest absolute Gasteiger partial charge is 0.413 e. The van der Waals surface area contributed by atoms with Gasteiger partial charge in [-0.3, -0.25) is 9.88 Å².